The van der Waals surface area contributed by atoms with Gasteiger partial charge in [0.2, 0.25) is 0 Å². The minimum atomic E-state index is -0.725. The second kappa shape index (κ2) is 40.9. The summed E-state index contributed by atoms with van der Waals surface area (Å²) in [5, 5.41) is 18.5. The Bertz CT molecular complexity index is 805. The zero-order valence-electron chi connectivity index (χ0n) is 31.2. The van der Waals surface area contributed by atoms with Crippen molar-refractivity contribution < 1.29 is 10.2 Å². The predicted octanol–water partition coefficient (Wildman–Crippen LogP) is 13.5. The lowest BCUT2D eigenvalue weighted by molar-refractivity contribution is 0.280. The minimum Gasteiger partial charge on any atom is -0.377 e. The lowest BCUT2D eigenvalue weighted by atomic mass is 10.0. The first-order valence-corrected chi connectivity index (χ1v) is 20.3. The highest BCUT2D eigenvalue weighted by Gasteiger charge is 1.95. The number of allylic oxidation sites excluding steroid dienone is 8. The molecule has 0 fully saturated rings. The van der Waals surface area contributed by atoms with Crippen LogP contribution in [0.15, 0.2) is 60.8 Å². The third-order valence-corrected chi connectivity index (χ3v) is 8.94. The Labute approximate surface area is 299 Å². The fourth-order valence-corrected chi connectivity index (χ4v) is 5.84. The second-order valence-corrected chi connectivity index (χ2v) is 13.6. The summed E-state index contributed by atoms with van der Waals surface area (Å²) in [6.45, 7) is 0. The smallest absolute Gasteiger partial charge is 0.133 e. The Hall–Kier alpha value is -2.26. The Morgan fingerprint density at radius 1 is 0.292 bits per heavy atom. The molecule has 0 rings (SSSR count). The van der Waals surface area contributed by atoms with Crippen LogP contribution in [0.25, 0.3) is 0 Å². The van der Waals surface area contributed by atoms with Gasteiger partial charge in [-0.25, -0.2) is 0 Å². The van der Waals surface area contributed by atoms with Crippen molar-refractivity contribution in [3.8, 4) is 24.7 Å². The molecule has 2 nitrogen and oxygen atoms in total. The van der Waals surface area contributed by atoms with E-state index in [1.54, 1.807) is 12.2 Å². The van der Waals surface area contributed by atoms with Crippen LogP contribution in [0.1, 0.15) is 193 Å². The molecule has 2 N–H and O–H groups in total. The first-order chi connectivity index (χ1) is 23.7. The Morgan fingerprint density at radius 2 is 0.458 bits per heavy atom. The largest absolute Gasteiger partial charge is 0.377 e. The molecule has 0 aliphatic rings. The van der Waals surface area contributed by atoms with Crippen LogP contribution >= 0.6 is 0 Å². The summed E-state index contributed by atoms with van der Waals surface area (Å²) in [5.41, 5.74) is 0. The molecular formula is C46H76O2. The quantitative estimate of drug-likeness (QED) is 0.0399. The van der Waals surface area contributed by atoms with Gasteiger partial charge in [-0.15, -0.1) is 12.8 Å². The van der Waals surface area contributed by atoms with Crippen molar-refractivity contribution in [2.24, 2.45) is 0 Å². The van der Waals surface area contributed by atoms with E-state index in [-0.39, 0.29) is 0 Å². The van der Waals surface area contributed by atoms with Gasteiger partial charge in [-0.3, -0.25) is 0 Å². The van der Waals surface area contributed by atoms with E-state index in [2.05, 4.69) is 48.3 Å². The van der Waals surface area contributed by atoms with Crippen molar-refractivity contribution in [1.29, 1.82) is 0 Å². The van der Waals surface area contributed by atoms with Gasteiger partial charge >= 0.3 is 0 Å². The highest BCUT2D eigenvalue weighted by molar-refractivity contribution is 5.06. The fraction of sp³-hybridized carbons (Fsp3) is 0.696. The van der Waals surface area contributed by atoms with Crippen LogP contribution < -0.4 is 0 Å². The lowest BCUT2D eigenvalue weighted by Crippen LogP contribution is -1.95. The lowest BCUT2D eigenvalue weighted by Gasteiger charge is -2.01. The average Bonchev–Trinajstić information content (AvgIpc) is 3.10. The van der Waals surface area contributed by atoms with E-state index in [1.807, 2.05) is 12.2 Å². The summed E-state index contributed by atoms with van der Waals surface area (Å²) in [4.78, 5) is 0. The van der Waals surface area contributed by atoms with Crippen LogP contribution in [0.3, 0.4) is 0 Å². The summed E-state index contributed by atoms with van der Waals surface area (Å²) < 4.78 is 0. The first kappa shape index (κ1) is 45.7. The molecular weight excluding hydrogens is 585 g/mol. The minimum absolute atomic E-state index is 0.725. The zero-order valence-corrected chi connectivity index (χ0v) is 31.2. The molecule has 2 unspecified atom stereocenters. The molecule has 48 heavy (non-hydrogen) atoms. The molecule has 0 heterocycles. The van der Waals surface area contributed by atoms with E-state index in [0.29, 0.717) is 0 Å². The number of rotatable bonds is 36. The maximum absolute atomic E-state index is 9.26. The topological polar surface area (TPSA) is 40.5 Å². The molecule has 0 radical (unpaired) electrons. The van der Waals surface area contributed by atoms with Crippen LogP contribution in [0.2, 0.25) is 0 Å². The molecule has 0 spiro atoms. The highest BCUT2D eigenvalue weighted by atomic mass is 16.3. The van der Waals surface area contributed by atoms with Gasteiger partial charge in [0.15, 0.2) is 0 Å². The number of terminal acetylenes is 2. The van der Waals surface area contributed by atoms with E-state index in [4.69, 9.17) is 12.8 Å². The van der Waals surface area contributed by atoms with Crippen molar-refractivity contribution in [2.45, 2.75) is 205 Å². The monoisotopic (exact) mass is 661 g/mol. The van der Waals surface area contributed by atoms with Crippen molar-refractivity contribution in [2.75, 3.05) is 0 Å². The molecule has 0 bridgehead atoms. The summed E-state index contributed by atoms with van der Waals surface area (Å²) in [5.74, 6) is 4.60. The third kappa shape index (κ3) is 39.9. The van der Waals surface area contributed by atoms with Gasteiger partial charge < -0.3 is 10.2 Å². The standard InChI is InChI=1S/C46H76O2/c1-3-45(47)43-41-39-37-35-33-31-29-27-25-23-21-19-17-15-13-11-9-7-5-6-8-10-12-14-16-18-20-22-24-26-28-30-32-34-36-38-40-42-44-46(48)4-2/h1-2,5-6,27-30,41-48H,7-26,31-40H2. The zero-order chi connectivity index (χ0) is 34.9. The van der Waals surface area contributed by atoms with E-state index >= 15 is 0 Å². The van der Waals surface area contributed by atoms with E-state index in [9.17, 15) is 10.2 Å². The molecule has 272 valence electrons. The molecule has 0 aromatic carbocycles. The number of hydrogen-bond acceptors (Lipinski definition) is 2. The number of hydrogen-bond donors (Lipinski definition) is 2. The number of unbranched alkanes of at least 4 members (excludes halogenated alkanes) is 26. The van der Waals surface area contributed by atoms with Crippen molar-refractivity contribution in [3.63, 3.8) is 0 Å². The molecule has 0 saturated heterocycles. The molecule has 0 aromatic rings. The molecule has 0 amide bonds. The molecule has 2 heteroatoms. The van der Waals surface area contributed by atoms with Gasteiger partial charge in [-0.05, 0) is 115 Å². The SMILES string of the molecule is C#CC(O)C=CCCCCCC=CCCCCCCCCCCC=CCCCCCCCCCCC=CCCCCCC=CC(O)C#C. The average molecular weight is 661 g/mol. The summed E-state index contributed by atoms with van der Waals surface area (Å²) in [6, 6.07) is 0. The van der Waals surface area contributed by atoms with Gasteiger partial charge in [0.25, 0.3) is 0 Å². The van der Waals surface area contributed by atoms with Crippen LogP contribution in [-0.2, 0) is 0 Å². The number of aliphatic hydroxyl groups is 2. The van der Waals surface area contributed by atoms with Crippen molar-refractivity contribution >= 4 is 0 Å². The van der Waals surface area contributed by atoms with E-state index in [1.165, 1.54) is 180 Å². The van der Waals surface area contributed by atoms with Crippen LogP contribution in [0, 0.1) is 24.7 Å². The Kier molecular flexibility index (Phi) is 39.0. The molecule has 0 aliphatic heterocycles. The summed E-state index contributed by atoms with van der Waals surface area (Å²) >= 11 is 0. The van der Waals surface area contributed by atoms with Gasteiger partial charge in [0.05, 0.1) is 0 Å². The first-order valence-electron chi connectivity index (χ1n) is 20.3. The van der Waals surface area contributed by atoms with Crippen LogP contribution in [0.5, 0.6) is 0 Å². The fourth-order valence-electron chi connectivity index (χ4n) is 5.84. The predicted molar refractivity (Wildman–Crippen MR) is 214 cm³/mol. The van der Waals surface area contributed by atoms with E-state index < -0.39 is 12.2 Å². The molecule has 2 atom stereocenters. The summed E-state index contributed by atoms with van der Waals surface area (Å²) in [7, 11) is 0. The van der Waals surface area contributed by atoms with Gasteiger partial charge in [0, 0.05) is 0 Å². The Balaban J connectivity index is 3.23. The Morgan fingerprint density at radius 3 is 0.667 bits per heavy atom. The van der Waals surface area contributed by atoms with Crippen molar-refractivity contribution in [1.82, 2.24) is 0 Å². The highest BCUT2D eigenvalue weighted by Crippen LogP contribution is 2.14. The number of aliphatic hydroxyl groups excluding tert-OH is 2. The summed E-state index contributed by atoms with van der Waals surface area (Å²) in [6.07, 6.45) is 69.6. The van der Waals surface area contributed by atoms with Gasteiger partial charge in [0.1, 0.15) is 12.2 Å². The maximum atomic E-state index is 9.26. The third-order valence-electron chi connectivity index (χ3n) is 8.94. The van der Waals surface area contributed by atoms with Crippen LogP contribution in [0.4, 0.5) is 0 Å². The molecule has 0 saturated carbocycles. The van der Waals surface area contributed by atoms with Crippen molar-refractivity contribution in [3.05, 3.63) is 60.8 Å². The second-order valence-electron chi connectivity index (χ2n) is 13.6. The van der Waals surface area contributed by atoms with Gasteiger partial charge in [-0.2, -0.15) is 0 Å². The molecule has 0 aromatic heterocycles. The normalized spacial score (nSPS) is 13.4. The van der Waals surface area contributed by atoms with E-state index in [0.717, 1.165) is 12.8 Å². The molecule has 0 aliphatic carbocycles. The maximum Gasteiger partial charge on any atom is 0.133 e. The van der Waals surface area contributed by atoms with Gasteiger partial charge in [-0.1, -0.05) is 150 Å². The van der Waals surface area contributed by atoms with Crippen LogP contribution in [-0.4, -0.2) is 22.4 Å².